The largest absolute Gasteiger partial charge is 0.463 e. The van der Waals surface area contributed by atoms with E-state index in [1.54, 1.807) is 25.1 Å². The van der Waals surface area contributed by atoms with E-state index in [2.05, 4.69) is 10.2 Å². The van der Waals surface area contributed by atoms with E-state index in [1.165, 1.54) is 11.6 Å². The van der Waals surface area contributed by atoms with Crippen LogP contribution in [0.25, 0.3) is 6.08 Å². The van der Waals surface area contributed by atoms with Crippen molar-refractivity contribution in [2.45, 2.75) is 13.5 Å². The van der Waals surface area contributed by atoms with Crippen molar-refractivity contribution in [3.05, 3.63) is 71.3 Å². The van der Waals surface area contributed by atoms with Crippen molar-refractivity contribution >= 4 is 23.6 Å². The Balaban J connectivity index is 1.53. The molecule has 1 saturated heterocycles. The van der Waals surface area contributed by atoms with Crippen LogP contribution in [0.4, 0.5) is 5.69 Å². The van der Waals surface area contributed by atoms with Crippen molar-refractivity contribution < 1.29 is 19.1 Å². The van der Waals surface area contributed by atoms with E-state index < -0.39 is 0 Å². The number of anilines is 1. The molecule has 152 valence electrons. The van der Waals surface area contributed by atoms with Gasteiger partial charge in [-0.05, 0) is 48.4 Å². The summed E-state index contributed by atoms with van der Waals surface area (Å²) in [4.78, 5) is 26.2. The van der Waals surface area contributed by atoms with Gasteiger partial charge in [-0.3, -0.25) is 9.69 Å². The third-order valence-electron chi connectivity index (χ3n) is 4.59. The molecule has 0 bridgehead atoms. The van der Waals surface area contributed by atoms with Gasteiger partial charge in [0.2, 0.25) is 0 Å². The number of benzene rings is 2. The smallest absolute Gasteiger partial charge is 0.330 e. The summed E-state index contributed by atoms with van der Waals surface area (Å²) in [5.41, 5.74) is 3.34. The fourth-order valence-electron chi connectivity index (χ4n) is 3.01. The molecule has 0 saturated carbocycles. The number of carbonyl (C=O) groups is 2. The number of esters is 1. The molecule has 1 amide bonds. The van der Waals surface area contributed by atoms with Gasteiger partial charge in [0.05, 0.1) is 19.8 Å². The van der Waals surface area contributed by atoms with Crippen LogP contribution in [0.2, 0.25) is 0 Å². The summed E-state index contributed by atoms with van der Waals surface area (Å²) in [5.74, 6) is -0.528. The van der Waals surface area contributed by atoms with Crippen molar-refractivity contribution in [3.8, 4) is 0 Å². The number of hydrogen-bond acceptors (Lipinski definition) is 5. The summed E-state index contributed by atoms with van der Waals surface area (Å²) in [6, 6.07) is 14.9. The number of amides is 1. The average molecular weight is 394 g/mol. The zero-order chi connectivity index (χ0) is 20.5. The predicted octanol–water partition coefficient (Wildman–Crippen LogP) is 3.35. The number of nitrogens with zero attached hydrogens (tertiary/aromatic N) is 1. The topological polar surface area (TPSA) is 67.9 Å². The highest BCUT2D eigenvalue weighted by molar-refractivity contribution is 6.04. The van der Waals surface area contributed by atoms with Gasteiger partial charge in [0, 0.05) is 37.0 Å². The normalized spacial score (nSPS) is 14.7. The minimum absolute atomic E-state index is 0.155. The van der Waals surface area contributed by atoms with Crippen molar-refractivity contribution in [3.63, 3.8) is 0 Å². The highest BCUT2D eigenvalue weighted by Crippen LogP contribution is 2.14. The second-order valence-corrected chi connectivity index (χ2v) is 6.75. The van der Waals surface area contributed by atoms with Crippen molar-refractivity contribution in [2.75, 3.05) is 38.2 Å². The summed E-state index contributed by atoms with van der Waals surface area (Å²) in [6.07, 6.45) is 3.06. The van der Waals surface area contributed by atoms with Crippen LogP contribution in [-0.4, -0.2) is 49.7 Å². The molecular formula is C23H26N2O4. The standard InChI is InChI=1S/C23H26N2O4/c1-2-29-22(26)12-7-18-5-10-21(11-6-18)24-23(27)20-8-3-19(4-9-20)17-25-13-15-28-16-14-25/h3-12H,2,13-17H2,1H3,(H,24,27)/b12-7+. The predicted molar refractivity (Wildman–Crippen MR) is 113 cm³/mol. The lowest BCUT2D eigenvalue weighted by atomic mass is 10.1. The van der Waals surface area contributed by atoms with Crippen molar-refractivity contribution in [1.29, 1.82) is 0 Å². The zero-order valence-corrected chi connectivity index (χ0v) is 16.6. The van der Waals surface area contributed by atoms with Gasteiger partial charge in [0.1, 0.15) is 0 Å². The fourth-order valence-corrected chi connectivity index (χ4v) is 3.01. The zero-order valence-electron chi connectivity index (χ0n) is 16.6. The molecule has 0 aromatic heterocycles. The summed E-state index contributed by atoms with van der Waals surface area (Å²) in [7, 11) is 0. The van der Waals surface area contributed by atoms with E-state index in [4.69, 9.17) is 9.47 Å². The fraction of sp³-hybridized carbons (Fsp3) is 0.304. The maximum Gasteiger partial charge on any atom is 0.330 e. The second-order valence-electron chi connectivity index (χ2n) is 6.75. The minimum atomic E-state index is -0.373. The Morgan fingerprint density at radius 2 is 1.76 bits per heavy atom. The lowest BCUT2D eigenvalue weighted by Crippen LogP contribution is -2.35. The molecule has 2 aromatic carbocycles. The average Bonchev–Trinajstić information content (AvgIpc) is 2.75. The molecule has 0 unspecified atom stereocenters. The number of nitrogens with one attached hydrogen (secondary N) is 1. The highest BCUT2D eigenvalue weighted by atomic mass is 16.5. The second kappa shape index (κ2) is 10.5. The van der Waals surface area contributed by atoms with Crippen LogP contribution in [0.15, 0.2) is 54.6 Å². The summed E-state index contributed by atoms with van der Waals surface area (Å²) >= 11 is 0. The Hall–Kier alpha value is -2.96. The number of carbonyl (C=O) groups excluding carboxylic acids is 2. The van der Waals surface area contributed by atoms with Gasteiger partial charge in [0.15, 0.2) is 0 Å². The highest BCUT2D eigenvalue weighted by Gasteiger charge is 2.11. The third kappa shape index (κ3) is 6.55. The minimum Gasteiger partial charge on any atom is -0.463 e. The molecule has 1 fully saturated rings. The first-order valence-electron chi connectivity index (χ1n) is 9.79. The molecule has 29 heavy (non-hydrogen) atoms. The molecule has 1 aliphatic heterocycles. The molecule has 0 spiro atoms. The van der Waals surface area contributed by atoms with Crippen LogP contribution in [0.5, 0.6) is 0 Å². The lowest BCUT2D eigenvalue weighted by molar-refractivity contribution is -0.137. The van der Waals surface area contributed by atoms with Crippen LogP contribution in [0.1, 0.15) is 28.4 Å². The first kappa shape index (κ1) is 20.8. The molecule has 1 N–H and O–H groups in total. The summed E-state index contributed by atoms with van der Waals surface area (Å²) in [6.45, 7) is 6.41. The summed E-state index contributed by atoms with van der Waals surface area (Å²) < 4.78 is 10.2. The van der Waals surface area contributed by atoms with Crippen LogP contribution in [-0.2, 0) is 20.8 Å². The Morgan fingerprint density at radius 1 is 1.07 bits per heavy atom. The number of morpholine rings is 1. The summed E-state index contributed by atoms with van der Waals surface area (Å²) in [5, 5.41) is 2.89. The van der Waals surface area contributed by atoms with E-state index in [0.717, 1.165) is 38.4 Å². The number of rotatable bonds is 7. The maximum atomic E-state index is 12.5. The maximum absolute atomic E-state index is 12.5. The first-order chi connectivity index (χ1) is 14.1. The van der Waals surface area contributed by atoms with Crippen LogP contribution in [0, 0.1) is 0 Å². The van der Waals surface area contributed by atoms with Crippen LogP contribution >= 0.6 is 0 Å². The van der Waals surface area contributed by atoms with E-state index in [1.807, 2.05) is 36.4 Å². The van der Waals surface area contributed by atoms with E-state index in [9.17, 15) is 9.59 Å². The van der Waals surface area contributed by atoms with E-state index in [-0.39, 0.29) is 11.9 Å². The number of ether oxygens (including phenoxy) is 2. The number of hydrogen-bond donors (Lipinski definition) is 1. The Kier molecular flexibility index (Phi) is 7.55. The molecule has 0 atom stereocenters. The van der Waals surface area contributed by atoms with Gasteiger partial charge in [-0.2, -0.15) is 0 Å². The molecule has 0 radical (unpaired) electrons. The van der Waals surface area contributed by atoms with Gasteiger partial charge < -0.3 is 14.8 Å². The Bertz CT molecular complexity index is 838. The first-order valence-corrected chi connectivity index (χ1v) is 9.79. The van der Waals surface area contributed by atoms with Crippen LogP contribution < -0.4 is 5.32 Å². The molecule has 0 aliphatic carbocycles. The van der Waals surface area contributed by atoms with E-state index in [0.29, 0.717) is 17.9 Å². The molecule has 1 heterocycles. The van der Waals surface area contributed by atoms with Gasteiger partial charge in [-0.1, -0.05) is 24.3 Å². The molecule has 2 aromatic rings. The van der Waals surface area contributed by atoms with E-state index >= 15 is 0 Å². The molecular weight excluding hydrogens is 368 g/mol. The SMILES string of the molecule is CCOC(=O)/C=C/c1ccc(NC(=O)c2ccc(CN3CCOCC3)cc2)cc1. The molecule has 3 rings (SSSR count). The third-order valence-corrected chi connectivity index (χ3v) is 4.59. The molecule has 6 heteroatoms. The monoisotopic (exact) mass is 394 g/mol. The lowest BCUT2D eigenvalue weighted by Gasteiger charge is -2.26. The molecule has 1 aliphatic rings. The Labute approximate surface area is 171 Å². The Morgan fingerprint density at radius 3 is 2.41 bits per heavy atom. The van der Waals surface area contributed by atoms with Gasteiger partial charge in [-0.25, -0.2) is 4.79 Å². The molecule has 6 nitrogen and oxygen atoms in total. The van der Waals surface area contributed by atoms with Crippen molar-refractivity contribution in [2.24, 2.45) is 0 Å². The van der Waals surface area contributed by atoms with Gasteiger partial charge in [0.25, 0.3) is 5.91 Å². The van der Waals surface area contributed by atoms with Gasteiger partial charge >= 0.3 is 5.97 Å². The van der Waals surface area contributed by atoms with Crippen LogP contribution in [0.3, 0.4) is 0 Å². The quantitative estimate of drug-likeness (QED) is 0.576. The van der Waals surface area contributed by atoms with Gasteiger partial charge in [-0.15, -0.1) is 0 Å². The van der Waals surface area contributed by atoms with Crippen molar-refractivity contribution in [1.82, 2.24) is 4.90 Å².